The minimum atomic E-state index is -0.512. The van der Waals surface area contributed by atoms with Gasteiger partial charge < -0.3 is 25.6 Å². The maximum atomic E-state index is 12.4. The van der Waals surface area contributed by atoms with Gasteiger partial charge in [-0.25, -0.2) is 4.79 Å². The van der Waals surface area contributed by atoms with Gasteiger partial charge in [-0.2, -0.15) is 0 Å². The molecule has 0 unspecified atom stereocenters. The van der Waals surface area contributed by atoms with Crippen molar-refractivity contribution in [2.45, 2.75) is 53.1 Å². The average molecular weight is 434 g/mol. The first kappa shape index (κ1) is 26.3. The number of hydrogen-bond acceptors (Lipinski definition) is 4. The monoisotopic (exact) mass is 433 g/mol. The Balaban J connectivity index is 2.61. The first-order chi connectivity index (χ1) is 14.7. The standard InChI is InChI=1S/C23H39N5O3/c1-7-15-28(22(30)31-23(3,4)5)16-14-27-21(25-8-2)26-13-12-18-10-9-11-19(17-18)20(29)24-6/h9-11,17H,7-8,12-16H2,1-6H3,(H,24,29)(H2,25,26,27). The number of nitrogens with zero attached hydrogens (tertiary/aromatic N) is 2. The fourth-order valence-corrected chi connectivity index (χ4v) is 2.85. The third-order valence-corrected chi connectivity index (χ3v) is 4.25. The Bertz CT molecular complexity index is 728. The zero-order chi connectivity index (χ0) is 23.3. The van der Waals surface area contributed by atoms with Crippen LogP contribution in [0.15, 0.2) is 29.3 Å². The molecule has 1 aromatic carbocycles. The van der Waals surface area contributed by atoms with E-state index in [0.29, 0.717) is 37.7 Å². The van der Waals surface area contributed by atoms with Gasteiger partial charge in [0.15, 0.2) is 5.96 Å². The number of aliphatic imine (C=N–C) groups is 1. The summed E-state index contributed by atoms with van der Waals surface area (Å²) < 4.78 is 5.49. The van der Waals surface area contributed by atoms with Crippen molar-refractivity contribution in [2.24, 2.45) is 4.99 Å². The molecule has 1 rings (SSSR count). The molecule has 1 aromatic rings. The van der Waals surface area contributed by atoms with E-state index >= 15 is 0 Å². The summed E-state index contributed by atoms with van der Waals surface area (Å²) in [6.45, 7) is 12.7. The quantitative estimate of drug-likeness (QED) is 0.390. The van der Waals surface area contributed by atoms with Gasteiger partial charge in [0.25, 0.3) is 5.91 Å². The van der Waals surface area contributed by atoms with Crippen molar-refractivity contribution in [3.8, 4) is 0 Å². The Morgan fingerprint density at radius 3 is 2.48 bits per heavy atom. The molecule has 0 aliphatic heterocycles. The minimum Gasteiger partial charge on any atom is -0.444 e. The van der Waals surface area contributed by atoms with Gasteiger partial charge >= 0.3 is 6.09 Å². The first-order valence-corrected chi connectivity index (χ1v) is 11.0. The second-order valence-corrected chi connectivity index (χ2v) is 8.18. The Hall–Kier alpha value is -2.77. The van der Waals surface area contributed by atoms with Crippen molar-refractivity contribution in [2.75, 3.05) is 39.8 Å². The van der Waals surface area contributed by atoms with E-state index in [2.05, 4.69) is 20.9 Å². The molecule has 0 atom stereocenters. The fraction of sp³-hybridized carbons (Fsp3) is 0.609. The first-order valence-electron chi connectivity index (χ1n) is 11.0. The molecule has 8 heteroatoms. The van der Waals surface area contributed by atoms with Gasteiger partial charge in [0.1, 0.15) is 5.60 Å². The SMILES string of the molecule is CCCN(CCNC(=NCCc1cccc(C(=O)NC)c1)NCC)C(=O)OC(C)(C)C. The topological polar surface area (TPSA) is 95.1 Å². The van der Waals surface area contributed by atoms with Gasteiger partial charge in [-0.05, 0) is 58.2 Å². The Morgan fingerprint density at radius 2 is 1.87 bits per heavy atom. The highest BCUT2D eigenvalue weighted by molar-refractivity contribution is 5.94. The normalized spacial score (nSPS) is 11.6. The van der Waals surface area contributed by atoms with E-state index in [1.807, 2.05) is 52.8 Å². The average Bonchev–Trinajstić information content (AvgIpc) is 2.71. The number of rotatable bonds is 10. The molecule has 0 spiro atoms. The number of guanidine groups is 1. The number of carbonyl (C=O) groups is 2. The summed E-state index contributed by atoms with van der Waals surface area (Å²) in [5.74, 6) is 0.604. The molecular weight excluding hydrogens is 394 g/mol. The Morgan fingerprint density at radius 1 is 1.13 bits per heavy atom. The smallest absolute Gasteiger partial charge is 0.410 e. The van der Waals surface area contributed by atoms with Crippen LogP contribution in [0, 0.1) is 0 Å². The summed E-state index contributed by atoms with van der Waals surface area (Å²) in [6.07, 6.45) is 1.29. The van der Waals surface area contributed by atoms with Gasteiger partial charge in [0, 0.05) is 45.3 Å². The maximum absolute atomic E-state index is 12.4. The zero-order valence-corrected chi connectivity index (χ0v) is 19.9. The molecule has 0 aromatic heterocycles. The molecule has 174 valence electrons. The highest BCUT2D eigenvalue weighted by Gasteiger charge is 2.21. The van der Waals surface area contributed by atoms with Crippen molar-refractivity contribution in [1.29, 1.82) is 0 Å². The van der Waals surface area contributed by atoms with Crippen molar-refractivity contribution in [1.82, 2.24) is 20.9 Å². The lowest BCUT2D eigenvalue weighted by Crippen LogP contribution is -2.44. The van der Waals surface area contributed by atoms with Gasteiger partial charge in [0.05, 0.1) is 0 Å². The third kappa shape index (κ3) is 10.7. The molecule has 8 nitrogen and oxygen atoms in total. The van der Waals surface area contributed by atoms with Crippen LogP contribution < -0.4 is 16.0 Å². The Labute approximate surface area is 186 Å². The number of benzene rings is 1. The highest BCUT2D eigenvalue weighted by atomic mass is 16.6. The third-order valence-electron chi connectivity index (χ3n) is 4.25. The van der Waals surface area contributed by atoms with E-state index in [-0.39, 0.29) is 12.0 Å². The largest absolute Gasteiger partial charge is 0.444 e. The van der Waals surface area contributed by atoms with Crippen LogP contribution in [0.4, 0.5) is 4.79 Å². The lowest BCUT2D eigenvalue weighted by Gasteiger charge is -2.27. The lowest BCUT2D eigenvalue weighted by atomic mass is 10.1. The number of hydrogen-bond donors (Lipinski definition) is 3. The van der Waals surface area contributed by atoms with Gasteiger partial charge in [-0.15, -0.1) is 0 Å². The summed E-state index contributed by atoms with van der Waals surface area (Å²) in [5, 5.41) is 9.14. The molecule has 0 aliphatic rings. The molecule has 0 heterocycles. The van der Waals surface area contributed by atoms with Crippen LogP contribution in [0.2, 0.25) is 0 Å². The summed E-state index contributed by atoms with van der Waals surface area (Å²) >= 11 is 0. The van der Waals surface area contributed by atoms with Crippen molar-refractivity contribution in [3.63, 3.8) is 0 Å². The van der Waals surface area contributed by atoms with Gasteiger partial charge in [-0.3, -0.25) is 9.79 Å². The maximum Gasteiger partial charge on any atom is 0.410 e. The van der Waals surface area contributed by atoms with Crippen LogP contribution in [-0.2, 0) is 11.2 Å². The van der Waals surface area contributed by atoms with Crippen LogP contribution in [0.25, 0.3) is 0 Å². The molecule has 0 fully saturated rings. The van der Waals surface area contributed by atoms with Crippen LogP contribution in [-0.4, -0.2) is 68.2 Å². The van der Waals surface area contributed by atoms with Crippen molar-refractivity contribution >= 4 is 18.0 Å². The Kier molecular flexibility index (Phi) is 11.5. The molecule has 0 bridgehead atoms. The van der Waals surface area contributed by atoms with E-state index in [1.165, 1.54) is 0 Å². The number of carbonyl (C=O) groups excluding carboxylic acids is 2. The van der Waals surface area contributed by atoms with E-state index < -0.39 is 5.60 Å². The second kappa shape index (κ2) is 13.5. The second-order valence-electron chi connectivity index (χ2n) is 8.18. The minimum absolute atomic E-state index is 0.0954. The molecule has 0 saturated carbocycles. The summed E-state index contributed by atoms with van der Waals surface area (Å²) in [6, 6.07) is 7.56. The highest BCUT2D eigenvalue weighted by Crippen LogP contribution is 2.10. The van der Waals surface area contributed by atoms with Crippen LogP contribution in [0.5, 0.6) is 0 Å². The van der Waals surface area contributed by atoms with E-state index in [4.69, 9.17) is 4.74 Å². The molecule has 0 radical (unpaired) electrons. The summed E-state index contributed by atoms with van der Waals surface area (Å²) in [5.41, 5.74) is 1.19. The molecule has 3 N–H and O–H groups in total. The van der Waals surface area contributed by atoms with Crippen molar-refractivity contribution in [3.05, 3.63) is 35.4 Å². The van der Waals surface area contributed by atoms with Crippen molar-refractivity contribution < 1.29 is 14.3 Å². The fourth-order valence-electron chi connectivity index (χ4n) is 2.85. The van der Waals surface area contributed by atoms with Crippen LogP contribution in [0.1, 0.15) is 57.0 Å². The van der Waals surface area contributed by atoms with Crippen LogP contribution in [0.3, 0.4) is 0 Å². The van der Waals surface area contributed by atoms with E-state index in [1.54, 1.807) is 18.0 Å². The lowest BCUT2D eigenvalue weighted by molar-refractivity contribution is 0.0253. The predicted octanol–water partition coefficient (Wildman–Crippen LogP) is 2.79. The summed E-state index contributed by atoms with van der Waals surface area (Å²) in [4.78, 5) is 30.5. The predicted molar refractivity (Wildman–Crippen MR) is 126 cm³/mol. The molecule has 31 heavy (non-hydrogen) atoms. The zero-order valence-electron chi connectivity index (χ0n) is 19.9. The van der Waals surface area contributed by atoms with Gasteiger partial charge in [-0.1, -0.05) is 19.1 Å². The molecular formula is C23H39N5O3. The van der Waals surface area contributed by atoms with Crippen LogP contribution >= 0.6 is 0 Å². The molecule has 0 saturated heterocycles. The molecule has 2 amide bonds. The van der Waals surface area contributed by atoms with E-state index in [0.717, 1.165) is 24.9 Å². The summed E-state index contributed by atoms with van der Waals surface area (Å²) in [7, 11) is 1.62. The number of nitrogens with one attached hydrogen (secondary N) is 3. The number of amides is 2. The molecule has 0 aliphatic carbocycles. The van der Waals surface area contributed by atoms with E-state index in [9.17, 15) is 9.59 Å². The van der Waals surface area contributed by atoms with Gasteiger partial charge in [0.2, 0.25) is 0 Å². The number of ether oxygens (including phenoxy) is 1.